The van der Waals surface area contributed by atoms with E-state index in [4.69, 9.17) is 27.6 Å². The first-order valence-electron chi connectivity index (χ1n) is 9.75. The number of hydrogen-bond donors (Lipinski definition) is 0. The van der Waals surface area contributed by atoms with Crippen LogP contribution in [0.15, 0.2) is 40.9 Å². The van der Waals surface area contributed by atoms with Crippen molar-refractivity contribution in [1.82, 2.24) is 20.1 Å². The Morgan fingerprint density at radius 1 is 1.18 bits per heavy atom. The van der Waals surface area contributed by atoms with Crippen molar-refractivity contribution in [1.29, 1.82) is 0 Å². The van der Waals surface area contributed by atoms with Gasteiger partial charge in [-0.2, -0.15) is 8.78 Å². The zero-order valence-corrected chi connectivity index (χ0v) is 19.3. The third kappa shape index (κ3) is 5.48. The van der Waals surface area contributed by atoms with Gasteiger partial charge in [-0.15, -0.1) is 10.2 Å². The molecule has 1 aliphatic heterocycles. The summed E-state index contributed by atoms with van der Waals surface area (Å²) in [5, 5.41) is 7.61. The smallest absolute Gasteiger partial charge is 0.324 e. The van der Waals surface area contributed by atoms with Gasteiger partial charge in [0.2, 0.25) is 5.89 Å². The van der Waals surface area contributed by atoms with Crippen LogP contribution in [0, 0.1) is 0 Å². The number of nitrogens with zero attached hydrogens (tertiary/aromatic N) is 5. The SMILES string of the molecule is O=C(N1CCS(=O)CC1)N(Cc1ccc(-c2nnc(C(F)F)o2)cn1)c1ccc(Cl)cc1Cl. The fraction of sp³-hybridized carbons (Fsp3) is 0.300. The van der Waals surface area contributed by atoms with Crippen molar-refractivity contribution in [3.05, 3.63) is 58.2 Å². The fourth-order valence-electron chi connectivity index (χ4n) is 3.20. The van der Waals surface area contributed by atoms with E-state index in [1.165, 1.54) is 17.2 Å². The zero-order valence-electron chi connectivity index (χ0n) is 17.0. The standard InChI is InChI=1S/C20H17Cl2F2N5O3S/c21-13-2-4-16(15(22)9-13)29(20(30)28-5-7-33(31)8-6-28)11-14-3-1-12(10-25-14)18-26-27-19(32-18)17(23)24/h1-4,9-10,17H,5-8,11H2. The minimum absolute atomic E-state index is 0.0756. The van der Waals surface area contributed by atoms with Crippen LogP contribution in [0.1, 0.15) is 18.0 Å². The second-order valence-electron chi connectivity index (χ2n) is 7.08. The number of amides is 2. The van der Waals surface area contributed by atoms with Gasteiger partial charge in [-0.3, -0.25) is 14.1 Å². The van der Waals surface area contributed by atoms with E-state index in [0.717, 1.165) is 0 Å². The predicted octanol–water partition coefficient (Wildman–Crippen LogP) is 4.57. The van der Waals surface area contributed by atoms with Crippen molar-refractivity contribution in [2.45, 2.75) is 13.0 Å². The average molecular weight is 516 g/mol. The number of anilines is 1. The van der Waals surface area contributed by atoms with Gasteiger partial charge in [-0.25, -0.2) is 4.79 Å². The number of hydrogen-bond acceptors (Lipinski definition) is 6. The van der Waals surface area contributed by atoms with Gasteiger partial charge in [0.25, 0.3) is 5.89 Å². The monoisotopic (exact) mass is 515 g/mol. The second kappa shape index (κ2) is 10.1. The molecule has 3 heterocycles. The molecule has 0 N–H and O–H groups in total. The molecule has 0 spiro atoms. The van der Waals surface area contributed by atoms with Crippen molar-refractivity contribution < 1.29 is 22.2 Å². The number of pyridine rings is 1. The van der Waals surface area contributed by atoms with Crippen molar-refractivity contribution in [3.8, 4) is 11.5 Å². The lowest BCUT2D eigenvalue weighted by molar-refractivity contribution is 0.116. The predicted molar refractivity (Wildman–Crippen MR) is 120 cm³/mol. The van der Waals surface area contributed by atoms with Crippen molar-refractivity contribution >= 4 is 45.7 Å². The van der Waals surface area contributed by atoms with Crippen molar-refractivity contribution in [2.75, 3.05) is 29.5 Å². The molecule has 2 amide bonds. The van der Waals surface area contributed by atoms with Gasteiger partial charge in [-0.1, -0.05) is 23.2 Å². The van der Waals surface area contributed by atoms with Gasteiger partial charge in [0.15, 0.2) is 0 Å². The highest BCUT2D eigenvalue weighted by atomic mass is 35.5. The molecule has 0 bridgehead atoms. The van der Waals surface area contributed by atoms with Crippen LogP contribution < -0.4 is 4.90 Å². The van der Waals surface area contributed by atoms with Crippen molar-refractivity contribution in [2.24, 2.45) is 0 Å². The molecule has 1 aromatic carbocycles. The topological polar surface area (TPSA) is 92.4 Å². The molecule has 1 saturated heterocycles. The van der Waals surface area contributed by atoms with Crippen LogP contribution in [-0.2, 0) is 17.3 Å². The van der Waals surface area contributed by atoms with Gasteiger partial charge in [0.05, 0.1) is 28.5 Å². The average Bonchev–Trinajstić information content (AvgIpc) is 3.29. The molecule has 174 valence electrons. The highest BCUT2D eigenvalue weighted by molar-refractivity contribution is 7.85. The largest absolute Gasteiger partial charge is 0.415 e. The van der Waals surface area contributed by atoms with Crippen molar-refractivity contribution in [3.63, 3.8) is 0 Å². The van der Waals surface area contributed by atoms with Crippen LogP contribution >= 0.6 is 23.2 Å². The summed E-state index contributed by atoms with van der Waals surface area (Å²) in [6.07, 6.45) is -1.47. The molecular formula is C20H17Cl2F2N5O3S. The molecule has 0 radical (unpaired) electrons. The first-order valence-corrected chi connectivity index (χ1v) is 12.0. The third-order valence-electron chi connectivity index (χ3n) is 4.90. The number of carbonyl (C=O) groups is 1. The van der Waals surface area contributed by atoms with Crippen LogP contribution in [-0.4, -0.2) is 54.9 Å². The van der Waals surface area contributed by atoms with Gasteiger partial charge < -0.3 is 9.32 Å². The third-order valence-corrected chi connectivity index (χ3v) is 6.71. The molecular weight excluding hydrogens is 499 g/mol. The summed E-state index contributed by atoms with van der Waals surface area (Å²) in [6.45, 7) is 0.804. The highest BCUT2D eigenvalue weighted by Crippen LogP contribution is 2.31. The molecule has 8 nitrogen and oxygen atoms in total. The van der Waals surface area contributed by atoms with E-state index in [2.05, 4.69) is 15.2 Å². The molecule has 2 aromatic heterocycles. The molecule has 0 saturated carbocycles. The van der Waals surface area contributed by atoms with Gasteiger partial charge in [0, 0.05) is 46.6 Å². The summed E-state index contributed by atoms with van der Waals surface area (Å²) in [6, 6.07) is 7.71. The molecule has 4 rings (SSSR count). The Labute approximate surface area is 200 Å². The summed E-state index contributed by atoms with van der Waals surface area (Å²) >= 11 is 12.4. The number of urea groups is 1. The lowest BCUT2D eigenvalue weighted by atomic mass is 10.2. The number of aromatic nitrogens is 3. The molecule has 3 aromatic rings. The van der Waals surface area contributed by atoms with Crippen LogP contribution in [0.25, 0.3) is 11.5 Å². The van der Waals surface area contributed by atoms with Gasteiger partial charge in [-0.05, 0) is 30.3 Å². The summed E-state index contributed by atoms with van der Waals surface area (Å²) in [7, 11) is -0.938. The molecule has 0 unspecified atom stereocenters. The van der Waals surface area contributed by atoms with E-state index in [1.54, 1.807) is 29.2 Å². The Balaban J connectivity index is 1.59. The highest BCUT2D eigenvalue weighted by Gasteiger charge is 2.28. The minimum Gasteiger partial charge on any atom is -0.415 e. The quantitative estimate of drug-likeness (QED) is 0.494. The Kier molecular flexibility index (Phi) is 7.20. The van der Waals surface area contributed by atoms with Gasteiger partial charge >= 0.3 is 12.5 Å². The molecule has 0 aliphatic carbocycles. The lowest BCUT2D eigenvalue weighted by Gasteiger charge is -2.33. The summed E-state index contributed by atoms with van der Waals surface area (Å²) in [5.74, 6) is -0.0397. The molecule has 13 heteroatoms. The first kappa shape index (κ1) is 23.5. The van der Waals surface area contributed by atoms with Crippen LogP contribution in [0.4, 0.5) is 19.3 Å². The lowest BCUT2D eigenvalue weighted by Crippen LogP contribution is -2.48. The van der Waals surface area contributed by atoms with E-state index in [1.807, 2.05) is 0 Å². The summed E-state index contributed by atoms with van der Waals surface area (Å²) < 4.78 is 42.0. The Morgan fingerprint density at radius 3 is 2.55 bits per heavy atom. The van der Waals surface area contributed by atoms with Crippen LogP contribution in [0.2, 0.25) is 10.0 Å². The molecule has 33 heavy (non-hydrogen) atoms. The Bertz CT molecular complexity index is 1170. The zero-order chi connectivity index (χ0) is 23.5. The maximum atomic E-state index is 13.3. The normalized spacial score (nSPS) is 14.6. The maximum Gasteiger partial charge on any atom is 0.324 e. The van der Waals surface area contributed by atoms with Crippen LogP contribution in [0.3, 0.4) is 0 Å². The Morgan fingerprint density at radius 2 is 1.94 bits per heavy atom. The molecule has 1 aliphatic rings. The molecule has 0 atom stereocenters. The van der Waals surface area contributed by atoms with E-state index in [9.17, 15) is 17.8 Å². The van der Waals surface area contributed by atoms with E-state index in [-0.39, 0.29) is 18.5 Å². The van der Waals surface area contributed by atoms with E-state index in [0.29, 0.717) is 51.6 Å². The fourth-order valence-corrected chi connectivity index (χ4v) is 4.76. The van der Waals surface area contributed by atoms with E-state index >= 15 is 0 Å². The first-order chi connectivity index (χ1) is 15.8. The summed E-state index contributed by atoms with van der Waals surface area (Å²) in [5.41, 5.74) is 1.31. The number of carbonyl (C=O) groups excluding carboxylic acids is 1. The minimum atomic E-state index is -2.87. The molecule has 1 fully saturated rings. The second-order valence-corrected chi connectivity index (χ2v) is 9.62. The number of rotatable bonds is 5. The Hall–Kier alpha value is -2.63. The number of alkyl halides is 2. The number of benzene rings is 1. The van der Waals surface area contributed by atoms with Crippen LogP contribution in [0.5, 0.6) is 0 Å². The number of halogens is 4. The van der Waals surface area contributed by atoms with Gasteiger partial charge in [0.1, 0.15) is 0 Å². The summed E-state index contributed by atoms with van der Waals surface area (Å²) in [4.78, 5) is 20.7. The maximum absolute atomic E-state index is 13.3. The van der Waals surface area contributed by atoms with E-state index < -0.39 is 23.1 Å².